The van der Waals surface area contributed by atoms with E-state index < -0.39 is 0 Å². The van der Waals surface area contributed by atoms with E-state index in [4.69, 9.17) is 4.74 Å². The van der Waals surface area contributed by atoms with Gasteiger partial charge in [0.15, 0.2) is 0 Å². The maximum absolute atomic E-state index is 10.9. The summed E-state index contributed by atoms with van der Waals surface area (Å²) in [5.41, 5.74) is 0.829. The highest BCUT2D eigenvalue weighted by atomic mass is 16.5. The largest absolute Gasteiger partial charge is 0.496 e. The van der Waals surface area contributed by atoms with Crippen molar-refractivity contribution in [2.75, 3.05) is 20.7 Å². The van der Waals surface area contributed by atoms with Gasteiger partial charge in [0, 0.05) is 24.1 Å². The van der Waals surface area contributed by atoms with Crippen molar-refractivity contribution in [2.24, 2.45) is 5.41 Å². The first kappa shape index (κ1) is 13.7. The van der Waals surface area contributed by atoms with Gasteiger partial charge >= 0.3 is 0 Å². The van der Waals surface area contributed by atoms with Crippen LogP contribution in [0.15, 0.2) is 24.3 Å². The zero-order valence-corrected chi connectivity index (χ0v) is 11.1. The number of hydrogen-bond acceptors (Lipinski definition) is 3. The van der Waals surface area contributed by atoms with Crippen LogP contribution >= 0.6 is 0 Å². The van der Waals surface area contributed by atoms with E-state index in [1.807, 2.05) is 45.2 Å². The lowest BCUT2D eigenvalue weighted by atomic mass is 9.95. The predicted octanol–water partition coefficient (Wildman–Crippen LogP) is 2.35. The van der Waals surface area contributed by atoms with Crippen molar-refractivity contribution in [2.45, 2.75) is 20.4 Å². The summed E-state index contributed by atoms with van der Waals surface area (Å²) < 4.78 is 5.31. The number of para-hydroxylation sites is 1. The van der Waals surface area contributed by atoms with Gasteiger partial charge in [-0.3, -0.25) is 0 Å². The molecule has 0 spiro atoms. The Kier molecular flexibility index (Phi) is 4.70. The first-order valence-electron chi connectivity index (χ1n) is 5.75. The molecule has 1 rings (SSSR count). The van der Waals surface area contributed by atoms with Crippen molar-refractivity contribution in [1.29, 1.82) is 0 Å². The molecule has 0 saturated carbocycles. The Morgan fingerprint density at radius 1 is 1.35 bits per heavy atom. The van der Waals surface area contributed by atoms with E-state index in [0.717, 1.165) is 30.7 Å². The molecule has 94 valence electrons. The normalized spacial score (nSPS) is 11.6. The van der Waals surface area contributed by atoms with Crippen molar-refractivity contribution >= 4 is 6.29 Å². The number of methoxy groups -OCH3 is 1. The molecule has 3 heteroatoms. The third-order valence-corrected chi connectivity index (χ3v) is 2.63. The highest BCUT2D eigenvalue weighted by molar-refractivity contribution is 5.58. The minimum atomic E-state index is -0.309. The van der Waals surface area contributed by atoms with Crippen LogP contribution in [0.2, 0.25) is 0 Å². The molecule has 1 aromatic rings. The second-order valence-electron chi connectivity index (χ2n) is 5.09. The highest BCUT2D eigenvalue weighted by Gasteiger charge is 2.19. The van der Waals surface area contributed by atoms with Gasteiger partial charge < -0.3 is 14.4 Å². The Labute approximate surface area is 103 Å². The minimum Gasteiger partial charge on any atom is -0.496 e. The van der Waals surface area contributed by atoms with Gasteiger partial charge in [0.05, 0.1) is 7.11 Å². The molecule has 17 heavy (non-hydrogen) atoms. The molecule has 0 aliphatic rings. The third-order valence-electron chi connectivity index (χ3n) is 2.63. The first-order valence-corrected chi connectivity index (χ1v) is 5.75. The summed E-state index contributed by atoms with van der Waals surface area (Å²) in [5, 5.41) is 0. The summed E-state index contributed by atoms with van der Waals surface area (Å²) in [6.45, 7) is 5.40. The van der Waals surface area contributed by atoms with Gasteiger partial charge in [0.2, 0.25) is 0 Å². The van der Waals surface area contributed by atoms with Gasteiger partial charge in [0.1, 0.15) is 12.0 Å². The molecule has 0 aliphatic heterocycles. The summed E-state index contributed by atoms with van der Waals surface area (Å²) in [5.74, 6) is 0.892. The van der Waals surface area contributed by atoms with E-state index in [0.29, 0.717) is 0 Å². The predicted molar refractivity (Wildman–Crippen MR) is 69.2 cm³/mol. The van der Waals surface area contributed by atoms with Gasteiger partial charge in [0.25, 0.3) is 0 Å². The lowest BCUT2D eigenvalue weighted by Gasteiger charge is -2.25. The fraction of sp³-hybridized carbons (Fsp3) is 0.500. The average Bonchev–Trinajstić information content (AvgIpc) is 2.29. The molecular formula is C14H21NO2. The molecule has 0 aromatic heterocycles. The molecule has 0 fully saturated rings. The molecular weight excluding hydrogens is 214 g/mol. The topological polar surface area (TPSA) is 29.5 Å². The number of aldehydes is 1. The Bertz CT molecular complexity index is 374. The maximum atomic E-state index is 10.9. The third kappa shape index (κ3) is 4.19. The van der Waals surface area contributed by atoms with E-state index in [-0.39, 0.29) is 5.41 Å². The quantitative estimate of drug-likeness (QED) is 0.709. The highest BCUT2D eigenvalue weighted by Crippen LogP contribution is 2.20. The van der Waals surface area contributed by atoms with Gasteiger partial charge in [-0.1, -0.05) is 32.0 Å². The van der Waals surface area contributed by atoms with Gasteiger partial charge in [-0.05, 0) is 13.1 Å². The number of ether oxygens (including phenoxy) is 1. The lowest BCUT2D eigenvalue weighted by Crippen LogP contribution is -2.32. The van der Waals surface area contributed by atoms with Crippen LogP contribution in [0.1, 0.15) is 19.4 Å². The van der Waals surface area contributed by atoms with Crippen LogP contribution in [-0.2, 0) is 11.3 Å². The fourth-order valence-electron chi connectivity index (χ4n) is 1.91. The smallest absolute Gasteiger partial charge is 0.126 e. The summed E-state index contributed by atoms with van der Waals surface area (Å²) >= 11 is 0. The van der Waals surface area contributed by atoms with Crippen LogP contribution in [-0.4, -0.2) is 31.9 Å². The molecule has 0 N–H and O–H groups in total. The molecule has 0 bridgehead atoms. The van der Waals surface area contributed by atoms with E-state index in [2.05, 4.69) is 4.90 Å². The van der Waals surface area contributed by atoms with Crippen molar-refractivity contribution in [3.05, 3.63) is 29.8 Å². The molecule has 0 unspecified atom stereocenters. The minimum absolute atomic E-state index is 0.309. The van der Waals surface area contributed by atoms with E-state index >= 15 is 0 Å². The number of carbonyl (C=O) groups excluding carboxylic acids is 1. The molecule has 0 aliphatic carbocycles. The van der Waals surface area contributed by atoms with Crippen molar-refractivity contribution in [1.82, 2.24) is 4.90 Å². The molecule has 0 radical (unpaired) electrons. The molecule has 3 nitrogen and oxygen atoms in total. The molecule has 0 atom stereocenters. The Hall–Kier alpha value is -1.35. The van der Waals surface area contributed by atoms with Crippen molar-refractivity contribution in [3.8, 4) is 5.75 Å². The fourth-order valence-corrected chi connectivity index (χ4v) is 1.91. The summed E-state index contributed by atoms with van der Waals surface area (Å²) in [7, 11) is 3.69. The van der Waals surface area contributed by atoms with Crippen LogP contribution in [0, 0.1) is 5.41 Å². The zero-order valence-electron chi connectivity index (χ0n) is 11.1. The van der Waals surface area contributed by atoms with E-state index in [1.54, 1.807) is 7.11 Å². The zero-order chi connectivity index (χ0) is 12.9. The Morgan fingerprint density at radius 2 is 2.00 bits per heavy atom. The number of carbonyl (C=O) groups is 1. The SMILES string of the molecule is COc1ccccc1CN(C)CC(C)(C)C=O. The maximum Gasteiger partial charge on any atom is 0.126 e. The number of benzene rings is 1. The van der Waals surface area contributed by atoms with Crippen molar-refractivity contribution < 1.29 is 9.53 Å². The van der Waals surface area contributed by atoms with Crippen LogP contribution in [0.3, 0.4) is 0 Å². The van der Waals surface area contributed by atoms with Crippen molar-refractivity contribution in [3.63, 3.8) is 0 Å². The Morgan fingerprint density at radius 3 is 2.59 bits per heavy atom. The standard InChI is InChI=1S/C14H21NO2/c1-14(2,11-16)10-15(3)9-12-7-5-6-8-13(12)17-4/h5-8,11H,9-10H2,1-4H3. The molecule has 0 heterocycles. The monoisotopic (exact) mass is 235 g/mol. The average molecular weight is 235 g/mol. The molecule has 0 saturated heterocycles. The van der Waals surface area contributed by atoms with Gasteiger partial charge in [-0.25, -0.2) is 0 Å². The number of nitrogens with zero attached hydrogens (tertiary/aromatic N) is 1. The lowest BCUT2D eigenvalue weighted by molar-refractivity contribution is -0.115. The van der Waals surface area contributed by atoms with E-state index in [1.165, 1.54) is 0 Å². The molecule has 1 aromatic carbocycles. The Balaban J connectivity index is 2.68. The summed E-state index contributed by atoms with van der Waals surface area (Å²) in [4.78, 5) is 13.0. The second-order valence-corrected chi connectivity index (χ2v) is 5.09. The molecule has 0 amide bonds. The van der Waals surface area contributed by atoms with Gasteiger partial charge in [-0.15, -0.1) is 0 Å². The van der Waals surface area contributed by atoms with Crippen LogP contribution in [0.25, 0.3) is 0 Å². The second kappa shape index (κ2) is 5.82. The number of hydrogen-bond donors (Lipinski definition) is 0. The summed E-state index contributed by atoms with van der Waals surface area (Å²) in [6.07, 6.45) is 1.01. The van der Waals surface area contributed by atoms with Crippen LogP contribution in [0.5, 0.6) is 5.75 Å². The summed E-state index contributed by atoms with van der Waals surface area (Å²) in [6, 6.07) is 7.95. The van der Waals surface area contributed by atoms with E-state index in [9.17, 15) is 4.79 Å². The van der Waals surface area contributed by atoms with Crippen LogP contribution in [0.4, 0.5) is 0 Å². The first-order chi connectivity index (χ1) is 7.98. The van der Waals surface area contributed by atoms with Gasteiger partial charge in [-0.2, -0.15) is 0 Å². The number of rotatable bonds is 6. The van der Waals surface area contributed by atoms with Crippen LogP contribution < -0.4 is 4.74 Å².